The van der Waals surface area contributed by atoms with Crippen molar-refractivity contribution in [2.24, 2.45) is 21.8 Å². The van der Waals surface area contributed by atoms with Gasteiger partial charge in [-0.2, -0.15) is 0 Å². The lowest BCUT2D eigenvalue weighted by Gasteiger charge is -2.12. The van der Waals surface area contributed by atoms with Gasteiger partial charge in [0.2, 0.25) is 0 Å². The van der Waals surface area contributed by atoms with Crippen LogP contribution in [0.5, 0.6) is 0 Å². The Kier molecular flexibility index (Phi) is 9.63. The van der Waals surface area contributed by atoms with Crippen LogP contribution in [-0.2, 0) is 4.79 Å². The topological polar surface area (TPSA) is 62.0 Å². The molecule has 0 amide bonds. The molecule has 1 saturated carbocycles. The fraction of sp³-hybridized carbons (Fsp3) is 0.444. The fourth-order valence-corrected chi connectivity index (χ4v) is 5.32. The molecule has 0 radical (unpaired) electrons. The van der Waals surface area contributed by atoms with E-state index in [0.717, 1.165) is 63.8 Å². The maximum Gasteiger partial charge on any atom is 0.125 e. The van der Waals surface area contributed by atoms with Gasteiger partial charge in [0, 0.05) is 52.6 Å². The van der Waals surface area contributed by atoms with Crippen LogP contribution in [0, 0.1) is 11.8 Å². The van der Waals surface area contributed by atoms with Crippen LogP contribution in [0.4, 0.5) is 0 Å². The monoisotopic (exact) mass is 482 g/mol. The van der Waals surface area contributed by atoms with Gasteiger partial charge in [0.25, 0.3) is 0 Å². The number of hydrogen-bond acceptors (Lipinski definition) is 6. The Labute approximate surface area is 208 Å². The van der Waals surface area contributed by atoms with Gasteiger partial charge in [-0.3, -0.25) is 9.98 Å². The first-order chi connectivity index (χ1) is 15.9. The number of aliphatic hydroxyl groups excluding tert-OH is 1. The van der Waals surface area contributed by atoms with E-state index in [-0.39, 0.29) is 5.92 Å². The third-order valence-corrected chi connectivity index (χ3v) is 7.10. The van der Waals surface area contributed by atoms with Crippen molar-refractivity contribution in [1.29, 1.82) is 0 Å². The minimum absolute atomic E-state index is 0.226. The SMILES string of the molecule is C=C1C(c2ccc(S)cc2S)=C(O)CC1CC=NCC.O=CCC1=CCC(C2CCCC2)=N1. The molecule has 1 fully saturated rings. The summed E-state index contributed by atoms with van der Waals surface area (Å²) >= 11 is 8.77. The van der Waals surface area contributed by atoms with E-state index >= 15 is 0 Å². The number of hydrogen-bond donors (Lipinski definition) is 3. The standard InChI is InChI=1S/C16H19NOS2.C11H15NO/c1-3-17-7-6-11-8-14(18)16(10(11)2)13-5-4-12(19)9-15(13)20;13-8-7-10-5-6-11(12-10)9-3-1-2-4-9/h4-5,7,9,11,18-20H,2-3,6,8H2,1H3;5,8-9H,1-4,6-7H2. The summed E-state index contributed by atoms with van der Waals surface area (Å²) in [6.45, 7) is 6.95. The summed E-state index contributed by atoms with van der Waals surface area (Å²) in [7, 11) is 0. The average molecular weight is 483 g/mol. The number of rotatable bonds is 7. The molecule has 1 aliphatic heterocycles. The number of thiol groups is 2. The van der Waals surface area contributed by atoms with E-state index in [4.69, 9.17) is 0 Å². The number of allylic oxidation sites excluding steroid dienone is 5. The highest BCUT2D eigenvalue weighted by Crippen LogP contribution is 2.43. The van der Waals surface area contributed by atoms with E-state index in [1.807, 2.05) is 31.3 Å². The third kappa shape index (κ3) is 6.73. The number of benzene rings is 1. The summed E-state index contributed by atoms with van der Waals surface area (Å²) in [6.07, 6.45) is 13.2. The Hall–Kier alpha value is -2.05. The maximum atomic E-state index is 10.3. The molecule has 1 atom stereocenters. The first-order valence-corrected chi connectivity index (χ1v) is 12.7. The lowest BCUT2D eigenvalue weighted by Crippen LogP contribution is -2.07. The third-order valence-electron chi connectivity index (χ3n) is 6.45. The largest absolute Gasteiger partial charge is 0.512 e. The molecule has 33 heavy (non-hydrogen) atoms. The molecule has 6 heteroatoms. The summed E-state index contributed by atoms with van der Waals surface area (Å²) in [6, 6.07) is 5.71. The molecule has 1 unspecified atom stereocenters. The fourth-order valence-electron chi connectivity index (χ4n) is 4.69. The zero-order valence-electron chi connectivity index (χ0n) is 19.3. The Morgan fingerprint density at radius 3 is 2.70 bits per heavy atom. The van der Waals surface area contributed by atoms with E-state index in [9.17, 15) is 9.90 Å². The van der Waals surface area contributed by atoms with Gasteiger partial charge in [0.05, 0.1) is 0 Å². The van der Waals surface area contributed by atoms with Crippen molar-refractivity contribution >= 4 is 49.0 Å². The van der Waals surface area contributed by atoms with Crippen LogP contribution in [-0.4, -0.2) is 29.9 Å². The Balaban J connectivity index is 0.000000203. The summed E-state index contributed by atoms with van der Waals surface area (Å²) in [4.78, 5) is 20.7. The molecule has 2 aliphatic carbocycles. The van der Waals surface area contributed by atoms with E-state index in [2.05, 4.69) is 47.9 Å². The molecule has 1 heterocycles. The minimum atomic E-state index is 0.226. The van der Waals surface area contributed by atoms with E-state index in [1.165, 1.54) is 31.4 Å². The number of aliphatic hydroxyl groups is 1. The van der Waals surface area contributed by atoms with Gasteiger partial charge in [-0.25, -0.2) is 0 Å². The van der Waals surface area contributed by atoms with Crippen molar-refractivity contribution in [3.8, 4) is 0 Å². The summed E-state index contributed by atoms with van der Waals surface area (Å²) in [5.41, 5.74) is 5.03. The second kappa shape index (κ2) is 12.4. The molecule has 0 saturated heterocycles. The molecule has 1 aromatic carbocycles. The molecule has 0 bridgehead atoms. The molecule has 4 rings (SSSR count). The average Bonchev–Trinajstić information content (AvgIpc) is 3.52. The molecule has 1 N–H and O–H groups in total. The highest BCUT2D eigenvalue weighted by atomic mass is 32.1. The Morgan fingerprint density at radius 1 is 1.27 bits per heavy atom. The molecule has 4 nitrogen and oxygen atoms in total. The van der Waals surface area contributed by atoms with Gasteiger partial charge in [0.15, 0.2) is 0 Å². The molecule has 176 valence electrons. The van der Waals surface area contributed by atoms with Crippen LogP contribution in [0.15, 0.2) is 67.7 Å². The lowest BCUT2D eigenvalue weighted by atomic mass is 9.93. The minimum Gasteiger partial charge on any atom is -0.512 e. The molecule has 0 aromatic heterocycles. The van der Waals surface area contributed by atoms with E-state index < -0.39 is 0 Å². The number of carbonyl (C=O) groups excluding carboxylic acids is 1. The summed E-state index contributed by atoms with van der Waals surface area (Å²) in [5, 5.41) is 10.3. The van der Waals surface area contributed by atoms with Crippen molar-refractivity contribution in [2.45, 2.75) is 68.1 Å². The van der Waals surface area contributed by atoms with Crippen LogP contribution in [0.1, 0.15) is 63.9 Å². The predicted octanol–water partition coefficient (Wildman–Crippen LogP) is 7.08. The van der Waals surface area contributed by atoms with Gasteiger partial charge in [-0.1, -0.05) is 31.6 Å². The smallest absolute Gasteiger partial charge is 0.125 e. The predicted molar refractivity (Wildman–Crippen MR) is 144 cm³/mol. The van der Waals surface area contributed by atoms with Crippen molar-refractivity contribution in [3.63, 3.8) is 0 Å². The molecular weight excluding hydrogens is 448 g/mol. The number of nitrogens with zero attached hydrogens (tertiary/aromatic N) is 2. The zero-order valence-corrected chi connectivity index (χ0v) is 21.1. The van der Waals surface area contributed by atoms with Crippen molar-refractivity contribution < 1.29 is 9.90 Å². The van der Waals surface area contributed by atoms with E-state index in [0.29, 0.717) is 18.6 Å². The van der Waals surface area contributed by atoms with Gasteiger partial charge in [-0.15, -0.1) is 25.3 Å². The summed E-state index contributed by atoms with van der Waals surface area (Å²) < 4.78 is 0. The van der Waals surface area contributed by atoms with Crippen molar-refractivity contribution in [1.82, 2.24) is 0 Å². The first kappa shape index (κ1) is 25.6. The van der Waals surface area contributed by atoms with Gasteiger partial charge in [-0.05, 0) is 67.5 Å². The molecule has 0 spiro atoms. The lowest BCUT2D eigenvalue weighted by molar-refractivity contribution is -0.107. The van der Waals surface area contributed by atoms with Crippen LogP contribution in [0.25, 0.3) is 5.57 Å². The van der Waals surface area contributed by atoms with Gasteiger partial charge >= 0.3 is 0 Å². The van der Waals surface area contributed by atoms with Crippen molar-refractivity contribution in [3.05, 3.63) is 53.4 Å². The second-order valence-corrected chi connectivity index (χ2v) is 9.72. The quantitative estimate of drug-likeness (QED) is 0.221. The van der Waals surface area contributed by atoms with Crippen LogP contribution in [0.3, 0.4) is 0 Å². The Bertz CT molecular complexity index is 1000. The number of aldehydes is 1. The number of carbonyl (C=O) groups is 1. The second-order valence-electron chi connectivity index (χ2n) is 8.72. The molecule has 3 aliphatic rings. The van der Waals surface area contributed by atoms with E-state index in [1.54, 1.807) is 0 Å². The highest BCUT2D eigenvalue weighted by molar-refractivity contribution is 7.81. The zero-order chi connectivity index (χ0) is 23.8. The van der Waals surface area contributed by atoms with Crippen molar-refractivity contribution in [2.75, 3.05) is 6.54 Å². The molecular formula is C27H34N2O2S2. The van der Waals surface area contributed by atoms with Crippen LogP contribution in [0.2, 0.25) is 0 Å². The van der Waals surface area contributed by atoms with Crippen LogP contribution >= 0.6 is 25.3 Å². The highest BCUT2D eigenvalue weighted by Gasteiger charge is 2.29. The summed E-state index contributed by atoms with van der Waals surface area (Å²) in [5.74, 6) is 1.34. The maximum absolute atomic E-state index is 10.3. The first-order valence-electron chi connectivity index (χ1n) is 11.8. The normalized spacial score (nSPS) is 20.8. The van der Waals surface area contributed by atoms with Crippen LogP contribution < -0.4 is 0 Å². The number of aliphatic imine (C=N–C) groups is 2. The van der Waals surface area contributed by atoms with Gasteiger partial charge < -0.3 is 9.90 Å². The Morgan fingerprint density at radius 2 is 2.03 bits per heavy atom. The molecule has 1 aromatic rings. The van der Waals surface area contributed by atoms with Gasteiger partial charge in [0.1, 0.15) is 12.0 Å².